The number of thiophene rings is 1. The molecule has 0 amide bonds. The minimum Gasteiger partial charge on any atom is -0.495 e. The van der Waals surface area contributed by atoms with Crippen LogP contribution in [0.1, 0.15) is 54.0 Å². The number of unbranched alkanes of at least 4 members (excludes halogenated alkanes) is 1. The van der Waals surface area contributed by atoms with Crippen LogP contribution >= 0.6 is 22.9 Å². The maximum absolute atomic E-state index is 10.7. The largest absolute Gasteiger partial charge is 0.495 e. The van der Waals surface area contributed by atoms with E-state index in [0.717, 1.165) is 47.3 Å². The number of hydrogen-bond donors (Lipinski definition) is 2. The van der Waals surface area contributed by atoms with Crippen molar-refractivity contribution in [2.24, 2.45) is 0 Å². The van der Waals surface area contributed by atoms with Gasteiger partial charge in [0.05, 0.1) is 24.1 Å². The van der Waals surface area contributed by atoms with E-state index in [1.165, 1.54) is 10.4 Å². The molecular formula is C24H28ClN3O4S. The smallest absolute Gasteiger partial charge is 0.303 e. The molecule has 1 atom stereocenters. The molecule has 0 saturated heterocycles. The van der Waals surface area contributed by atoms with Crippen molar-refractivity contribution in [2.45, 2.75) is 51.0 Å². The molecule has 9 heteroatoms. The molecule has 0 radical (unpaired) electrons. The minimum atomic E-state index is -0.756. The zero-order valence-electron chi connectivity index (χ0n) is 18.6. The quantitative estimate of drug-likeness (QED) is 0.336. The van der Waals surface area contributed by atoms with E-state index in [0.29, 0.717) is 42.9 Å². The molecule has 33 heavy (non-hydrogen) atoms. The molecule has 2 aromatic heterocycles. The average Bonchev–Trinajstić information content (AvgIpc) is 3.20. The maximum atomic E-state index is 10.7. The summed E-state index contributed by atoms with van der Waals surface area (Å²) in [5.74, 6) is 1.03. The Morgan fingerprint density at radius 3 is 3.00 bits per heavy atom. The minimum absolute atomic E-state index is 0.192. The van der Waals surface area contributed by atoms with E-state index in [4.69, 9.17) is 26.2 Å². The summed E-state index contributed by atoms with van der Waals surface area (Å²) in [4.78, 5) is 22.1. The number of rotatable bonds is 11. The Balaban J connectivity index is 1.48. The van der Waals surface area contributed by atoms with Crippen LogP contribution in [0.2, 0.25) is 5.02 Å². The molecule has 1 aliphatic rings. The van der Waals surface area contributed by atoms with Crippen molar-refractivity contribution in [3.05, 3.63) is 45.6 Å². The fraction of sp³-hybridized carbons (Fsp3) is 0.458. The van der Waals surface area contributed by atoms with E-state index in [-0.39, 0.29) is 6.42 Å². The fourth-order valence-electron chi connectivity index (χ4n) is 4.28. The van der Waals surface area contributed by atoms with E-state index in [1.807, 2.05) is 18.2 Å². The van der Waals surface area contributed by atoms with E-state index < -0.39 is 5.97 Å². The number of halogens is 1. The second-order valence-corrected chi connectivity index (χ2v) is 9.67. The monoisotopic (exact) mass is 489 g/mol. The van der Waals surface area contributed by atoms with Crippen LogP contribution in [0.15, 0.2) is 24.5 Å². The van der Waals surface area contributed by atoms with Gasteiger partial charge in [-0.2, -0.15) is 0 Å². The molecule has 1 unspecified atom stereocenters. The molecule has 0 fully saturated rings. The van der Waals surface area contributed by atoms with E-state index in [2.05, 4.69) is 15.3 Å². The SMILES string of the molecule is COc1ccc(CNc2ncnc3sc4c(c23)C(COCCCCC(=O)O)CCC4)cc1Cl. The van der Waals surface area contributed by atoms with Crippen molar-refractivity contribution in [2.75, 3.05) is 25.6 Å². The third-order valence-corrected chi connectivity index (χ3v) is 7.36. The topological polar surface area (TPSA) is 93.6 Å². The van der Waals surface area contributed by atoms with Crippen molar-refractivity contribution in [1.29, 1.82) is 0 Å². The Hall–Kier alpha value is -2.42. The first-order valence-corrected chi connectivity index (χ1v) is 12.4. The lowest BCUT2D eigenvalue weighted by Gasteiger charge is -2.23. The number of methoxy groups -OCH3 is 1. The van der Waals surface area contributed by atoms with Crippen LogP contribution in [-0.4, -0.2) is 41.4 Å². The fourth-order valence-corrected chi connectivity index (χ4v) is 5.83. The highest BCUT2D eigenvalue weighted by atomic mass is 35.5. The van der Waals surface area contributed by atoms with Gasteiger partial charge in [0.1, 0.15) is 22.7 Å². The standard InChI is InChI=1S/C24H28ClN3O4S/c1-31-18-9-8-15(11-17(18)25)12-26-23-22-21-16(13-32-10-3-2-7-20(29)30)5-4-6-19(21)33-24(22)28-14-27-23/h8-9,11,14,16H,2-7,10,12-13H2,1H3,(H,29,30)(H,26,27,28). The molecule has 1 aromatic carbocycles. The van der Waals surface area contributed by atoms with Crippen LogP contribution < -0.4 is 10.1 Å². The summed E-state index contributed by atoms with van der Waals surface area (Å²) in [6, 6.07) is 5.75. The molecule has 4 rings (SSSR count). The molecule has 0 aliphatic heterocycles. The Bertz CT molecular complexity index is 1120. The second-order valence-electron chi connectivity index (χ2n) is 8.18. The number of aryl methyl sites for hydroxylation is 1. The van der Waals surface area contributed by atoms with Gasteiger partial charge in [-0.25, -0.2) is 9.97 Å². The van der Waals surface area contributed by atoms with Crippen molar-refractivity contribution in [3.8, 4) is 5.75 Å². The van der Waals surface area contributed by atoms with E-state index in [9.17, 15) is 4.79 Å². The van der Waals surface area contributed by atoms with Crippen LogP contribution in [0.5, 0.6) is 5.75 Å². The number of fused-ring (bicyclic) bond motifs is 3. The number of benzene rings is 1. The van der Waals surface area contributed by atoms with Gasteiger partial charge in [-0.15, -0.1) is 11.3 Å². The molecule has 0 spiro atoms. The highest BCUT2D eigenvalue weighted by Gasteiger charge is 2.27. The van der Waals surface area contributed by atoms with Gasteiger partial charge in [0.15, 0.2) is 0 Å². The van der Waals surface area contributed by atoms with Crippen molar-refractivity contribution in [1.82, 2.24) is 9.97 Å². The summed E-state index contributed by atoms with van der Waals surface area (Å²) < 4.78 is 11.2. The predicted octanol–water partition coefficient (Wildman–Crippen LogP) is 5.66. The van der Waals surface area contributed by atoms with Crippen LogP contribution in [0, 0.1) is 0 Å². The number of hydrogen-bond acceptors (Lipinski definition) is 7. The lowest BCUT2D eigenvalue weighted by Crippen LogP contribution is -2.15. The number of carboxylic acid groups (broad SMARTS) is 1. The zero-order chi connectivity index (χ0) is 23.2. The van der Waals surface area contributed by atoms with Crippen LogP contribution in [-0.2, 0) is 22.5 Å². The van der Waals surface area contributed by atoms with Gasteiger partial charge in [0, 0.05) is 30.4 Å². The highest BCUT2D eigenvalue weighted by molar-refractivity contribution is 7.19. The molecule has 3 aromatic rings. The number of aromatic nitrogens is 2. The van der Waals surface area contributed by atoms with Gasteiger partial charge in [0.2, 0.25) is 0 Å². The predicted molar refractivity (Wildman–Crippen MR) is 131 cm³/mol. The Morgan fingerprint density at radius 1 is 1.33 bits per heavy atom. The van der Waals surface area contributed by atoms with Gasteiger partial charge < -0.3 is 19.9 Å². The molecule has 0 bridgehead atoms. The Morgan fingerprint density at radius 2 is 2.21 bits per heavy atom. The normalized spacial score (nSPS) is 15.4. The number of carbonyl (C=O) groups is 1. The summed E-state index contributed by atoms with van der Waals surface area (Å²) in [5.41, 5.74) is 2.35. The number of anilines is 1. The molecule has 2 N–H and O–H groups in total. The highest BCUT2D eigenvalue weighted by Crippen LogP contribution is 2.44. The van der Waals surface area contributed by atoms with Gasteiger partial charge >= 0.3 is 5.97 Å². The number of ether oxygens (including phenoxy) is 2. The third-order valence-electron chi connectivity index (χ3n) is 5.89. The lowest BCUT2D eigenvalue weighted by atomic mass is 9.86. The van der Waals surface area contributed by atoms with Gasteiger partial charge in [-0.05, 0) is 55.4 Å². The summed E-state index contributed by atoms with van der Waals surface area (Å²) in [5, 5.41) is 13.9. The molecule has 2 heterocycles. The van der Waals surface area contributed by atoms with Crippen molar-refractivity contribution in [3.63, 3.8) is 0 Å². The third kappa shape index (κ3) is 5.75. The summed E-state index contributed by atoms with van der Waals surface area (Å²) in [7, 11) is 1.60. The lowest BCUT2D eigenvalue weighted by molar-refractivity contribution is -0.137. The molecule has 0 saturated carbocycles. The molecule has 7 nitrogen and oxygen atoms in total. The first-order valence-electron chi connectivity index (χ1n) is 11.2. The second kappa shape index (κ2) is 11.1. The first-order chi connectivity index (χ1) is 16.1. The van der Waals surface area contributed by atoms with Crippen molar-refractivity contribution < 1.29 is 19.4 Å². The van der Waals surface area contributed by atoms with E-state index >= 15 is 0 Å². The summed E-state index contributed by atoms with van der Waals surface area (Å²) in [6.45, 7) is 1.81. The Kier molecular flexibility index (Phi) is 8.01. The van der Waals surface area contributed by atoms with Crippen LogP contribution in [0.4, 0.5) is 5.82 Å². The van der Waals surface area contributed by atoms with E-state index in [1.54, 1.807) is 24.8 Å². The molecule has 176 valence electrons. The summed E-state index contributed by atoms with van der Waals surface area (Å²) in [6.07, 6.45) is 6.46. The maximum Gasteiger partial charge on any atom is 0.303 e. The van der Waals surface area contributed by atoms with Gasteiger partial charge in [-0.1, -0.05) is 17.7 Å². The number of aliphatic carboxylic acids is 1. The molecular weight excluding hydrogens is 462 g/mol. The average molecular weight is 490 g/mol. The number of carboxylic acids is 1. The van der Waals surface area contributed by atoms with Gasteiger partial charge in [0.25, 0.3) is 0 Å². The number of nitrogens with zero attached hydrogens (tertiary/aromatic N) is 2. The van der Waals surface area contributed by atoms with Crippen LogP contribution in [0.25, 0.3) is 10.2 Å². The molecule has 1 aliphatic carbocycles. The first kappa shape index (κ1) is 23.7. The van der Waals surface area contributed by atoms with Crippen LogP contribution in [0.3, 0.4) is 0 Å². The zero-order valence-corrected chi connectivity index (χ0v) is 20.2. The van der Waals surface area contributed by atoms with Gasteiger partial charge in [-0.3, -0.25) is 4.79 Å². The summed E-state index contributed by atoms with van der Waals surface area (Å²) >= 11 is 8.03. The Labute approximate surface area is 202 Å². The number of nitrogens with one attached hydrogen (secondary N) is 1. The van der Waals surface area contributed by atoms with Crippen molar-refractivity contribution >= 4 is 44.9 Å².